The molecule has 0 bridgehead atoms. The number of carboxylic acid groups (broad SMARTS) is 2. The molecule has 0 amide bonds. The molecule has 2 N–H and O–H groups in total. The largest absolute Gasteiger partial charge is 0.481 e. The van der Waals surface area contributed by atoms with E-state index in [-0.39, 0.29) is 22.7 Å². The van der Waals surface area contributed by atoms with Crippen LogP contribution in [0.1, 0.15) is 39.5 Å². The molecule has 4 nitrogen and oxygen atoms in total. The molecular formula is C12H18O4. The smallest absolute Gasteiger partial charge is 0.306 e. The molecule has 16 heavy (non-hydrogen) atoms. The van der Waals surface area contributed by atoms with E-state index < -0.39 is 11.9 Å². The minimum atomic E-state index is -0.733. The van der Waals surface area contributed by atoms with Crippen molar-refractivity contribution in [1.82, 2.24) is 0 Å². The fourth-order valence-corrected chi connectivity index (χ4v) is 3.82. The van der Waals surface area contributed by atoms with Gasteiger partial charge in [0.05, 0.1) is 11.8 Å². The summed E-state index contributed by atoms with van der Waals surface area (Å²) in [5.74, 6) is -2.04. The number of carboxylic acids is 2. The summed E-state index contributed by atoms with van der Waals surface area (Å²) < 4.78 is 0. The monoisotopic (exact) mass is 226 g/mol. The molecule has 0 radical (unpaired) electrons. The lowest BCUT2D eigenvalue weighted by Crippen LogP contribution is -2.25. The molecule has 90 valence electrons. The van der Waals surface area contributed by atoms with Gasteiger partial charge in [0.1, 0.15) is 0 Å². The van der Waals surface area contributed by atoms with E-state index in [1.54, 1.807) is 0 Å². The van der Waals surface area contributed by atoms with Gasteiger partial charge in [0, 0.05) is 0 Å². The van der Waals surface area contributed by atoms with Gasteiger partial charge in [-0.05, 0) is 36.5 Å². The van der Waals surface area contributed by atoms with Gasteiger partial charge < -0.3 is 10.2 Å². The van der Waals surface area contributed by atoms with E-state index >= 15 is 0 Å². The predicted molar refractivity (Wildman–Crippen MR) is 56.9 cm³/mol. The minimum absolute atomic E-state index is 0.112. The normalized spacial score (nSPS) is 46.6. The molecule has 0 aliphatic heterocycles. The van der Waals surface area contributed by atoms with Crippen LogP contribution in [-0.4, -0.2) is 22.2 Å². The first-order valence-electron chi connectivity index (χ1n) is 5.73. The molecule has 0 saturated heterocycles. The summed E-state index contributed by atoms with van der Waals surface area (Å²) in [6.45, 7) is 4.11. The first-order chi connectivity index (χ1) is 7.27. The zero-order valence-electron chi connectivity index (χ0n) is 9.69. The molecular weight excluding hydrogens is 208 g/mol. The highest BCUT2D eigenvalue weighted by Crippen LogP contribution is 2.65. The summed E-state index contributed by atoms with van der Waals surface area (Å²) in [7, 11) is 0. The van der Waals surface area contributed by atoms with Crippen LogP contribution in [0.4, 0.5) is 0 Å². The van der Waals surface area contributed by atoms with Gasteiger partial charge >= 0.3 is 11.9 Å². The molecule has 2 aliphatic rings. The fourth-order valence-electron chi connectivity index (χ4n) is 3.82. The third kappa shape index (κ3) is 1.43. The molecule has 4 heteroatoms. The number of aliphatic carboxylic acids is 2. The molecule has 2 aliphatic carbocycles. The van der Waals surface area contributed by atoms with Crippen molar-refractivity contribution in [2.75, 3.05) is 0 Å². The van der Waals surface area contributed by atoms with Gasteiger partial charge in [-0.2, -0.15) is 0 Å². The Morgan fingerprint density at radius 3 is 1.31 bits per heavy atom. The zero-order valence-corrected chi connectivity index (χ0v) is 9.69. The second kappa shape index (κ2) is 3.22. The molecule has 0 spiro atoms. The average molecular weight is 226 g/mol. The predicted octanol–water partition coefficient (Wildman–Crippen LogP) is 1.99. The van der Waals surface area contributed by atoms with Crippen LogP contribution < -0.4 is 0 Å². The third-order valence-corrected chi connectivity index (χ3v) is 4.94. The van der Waals surface area contributed by atoms with E-state index in [1.165, 1.54) is 0 Å². The van der Waals surface area contributed by atoms with Crippen LogP contribution >= 0.6 is 0 Å². The maximum Gasteiger partial charge on any atom is 0.306 e. The van der Waals surface area contributed by atoms with Crippen molar-refractivity contribution in [1.29, 1.82) is 0 Å². The van der Waals surface area contributed by atoms with E-state index in [4.69, 9.17) is 10.2 Å². The van der Waals surface area contributed by atoms with Gasteiger partial charge in [-0.1, -0.05) is 13.8 Å². The van der Waals surface area contributed by atoms with Crippen LogP contribution in [0.15, 0.2) is 0 Å². The Balaban J connectivity index is 2.22. The van der Waals surface area contributed by atoms with Crippen molar-refractivity contribution in [3.63, 3.8) is 0 Å². The van der Waals surface area contributed by atoms with Crippen LogP contribution in [-0.2, 0) is 9.59 Å². The topological polar surface area (TPSA) is 74.6 Å². The van der Waals surface area contributed by atoms with Crippen LogP contribution in [0.2, 0.25) is 0 Å². The Morgan fingerprint density at radius 1 is 0.875 bits per heavy atom. The number of hydrogen-bond donors (Lipinski definition) is 2. The van der Waals surface area contributed by atoms with E-state index in [2.05, 4.69) is 13.8 Å². The maximum absolute atomic E-state index is 11.0. The standard InChI is InChI=1S/C12H18O4/c1-11-3-7(9(13)14)5-12(11,2)6-8(4-11)10(15)16/h7-8H,3-6H2,1-2H3,(H,13,14)(H,15,16). The Morgan fingerprint density at radius 2 is 1.12 bits per heavy atom. The third-order valence-electron chi connectivity index (χ3n) is 4.94. The molecule has 0 unspecified atom stereocenters. The van der Waals surface area contributed by atoms with E-state index in [0.717, 1.165) is 0 Å². The van der Waals surface area contributed by atoms with Gasteiger partial charge in [-0.25, -0.2) is 0 Å². The molecule has 2 rings (SSSR count). The highest BCUT2D eigenvalue weighted by atomic mass is 16.4. The molecule has 0 atom stereocenters. The fraction of sp³-hybridized carbons (Fsp3) is 0.833. The quantitative estimate of drug-likeness (QED) is 0.755. The van der Waals surface area contributed by atoms with Crippen molar-refractivity contribution in [3.05, 3.63) is 0 Å². The van der Waals surface area contributed by atoms with Crippen LogP contribution in [0.25, 0.3) is 0 Å². The van der Waals surface area contributed by atoms with Crippen LogP contribution in [0.5, 0.6) is 0 Å². The van der Waals surface area contributed by atoms with Crippen molar-refractivity contribution < 1.29 is 19.8 Å². The lowest BCUT2D eigenvalue weighted by atomic mass is 9.71. The number of fused-ring (bicyclic) bond motifs is 1. The van der Waals surface area contributed by atoms with Crippen molar-refractivity contribution in [2.24, 2.45) is 22.7 Å². The van der Waals surface area contributed by atoms with Gasteiger partial charge in [0.2, 0.25) is 0 Å². The lowest BCUT2D eigenvalue weighted by Gasteiger charge is -2.33. The Labute approximate surface area is 94.7 Å². The first kappa shape index (κ1) is 11.4. The van der Waals surface area contributed by atoms with Crippen LogP contribution in [0, 0.1) is 22.7 Å². The molecule has 0 aromatic heterocycles. The van der Waals surface area contributed by atoms with Crippen LogP contribution in [0.3, 0.4) is 0 Å². The van der Waals surface area contributed by atoms with Crippen molar-refractivity contribution in [2.45, 2.75) is 39.5 Å². The highest BCUT2D eigenvalue weighted by molar-refractivity contribution is 5.73. The highest BCUT2D eigenvalue weighted by Gasteiger charge is 2.60. The Hall–Kier alpha value is -1.06. The Bertz CT molecular complexity index is 301. The van der Waals surface area contributed by atoms with E-state index in [0.29, 0.717) is 25.7 Å². The number of carbonyl (C=O) groups is 2. The molecule has 0 aromatic rings. The molecule has 0 aromatic carbocycles. The zero-order chi connectivity index (χ0) is 12.1. The second-order valence-corrected chi connectivity index (χ2v) is 6.01. The summed E-state index contributed by atoms with van der Waals surface area (Å²) in [5.41, 5.74) is -0.224. The molecule has 0 heterocycles. The van der Waals surface area contributed by atoms with Crippen molar-refractivity contribution >= 4 is 11.9 Å². The molecule has 2 saturated carbocycles. The van der Waals surface area contributed by atoms with Gasteiger partial charge in [-0.15, -0.1) is 0 Å². The molecule has 2 fully saturated rings. The number of hydrogen-bond acceptors (Lipinski definition) is 2. The average Bonchev–Trinajstić information content (AvgIpc) is 2.50. The summed E-state index contributed by atoms with van der Waals surface area (Å²) >= 11 is 0. The van der Waals surface area contributed by atoms with Gasteiger partial charge in [-0.3, -0.25) is 9.59 Å². The van der Waals surface area contributed by atoms with Gasteiger partial charge in [0.25, 0.3) is 0 Å². The van der Waals surface area contributed by atoms with E-state index in [1.807, 2.05) is 0 Å². The first-order valence-corrected chi connectivity index (χ1v) is 5.73. The summed E-state index contributed by atoms with van der Waals surface area (Å²) in [6.07, 6.45) is 2.51. The Kier molecular flexibility index (Phi) is 2.30. The second-order valence-electron chi connectivity index (χ2n) is 6.01. The van der Waals surface area contributed by atoms with Crippen molar-refractivity contribution in [3.8, 4) is 0 Å². The number of rotatable bonds is 2. The minimum Gasteiger partial charge on any atom is -0.481 e. The SMILES string of the molecule is CC12CC(C(=O)O)CC1(C)CC(C(=O)O)C2. The summed E-state index contributed by atoms with van der Waals surface area (Å²) in [4.78, 5) is 22.0. The maximum atomic E-state index is 11.0. The van der Waals surface area contributed by atoms with E-state index in [9.17, 15) is 9.59 Å². The van der Waals surface area contributed by atoms with Gasteiger partial charge in [0.15, 0.2) is 0 Å². The summed E-state index contributed by atoms with van der Waals surface area (Å²) in [6, 6.07) is 0. The lowest BCUT2D eigenvalue weighted by molar-refractivity contribution is -0.142. The summed E-state index contributed by atoms with van der Waals surface area (Å²) in [5, 5.41) is 18.1.